The van der Waals surface area contributed by atoms with Gasteiger partial charge in [-0.1, -0.05) is 11.6 Å². The van der Waals surface area contributed by atoms with Crippen LogP contribution < -0.4 is 5.32 Å². The maximum atomic E-state index is 11.7. The highest BCUT2D eigenvalue weighted by molar-refractivity contribution is 6.29. The first-order valence-corrected chi connectivity index (χ1v) is 4.82. The molecule has 0 saturated heterocycles. The maximum absolute atomic E-state index is 11.7. The largest absolute Gasteiger partial charge is 0.306 e. The number of nitrogens with zero attached hydrogens (tertiary/aromatic N) is 3. The van der Waals surface area contributed by atoms with Crippen molar-refractivity contribution in [3.63, 3.8) is 0 Å². The first kappa shape index (κ1) is 10.5. The molecule has 0 spiro atoms. The van der Waals surface area contributed by atoms with Crippen LogP contribution in [0, 0.1) is 0 Å². The molecule has 0 radical (unpaired) electrons. The number of amides is 1. The summed E-state index contributed by atoms with van der Waals surface area (Å²) in [5.41, 5.74) is 0.419. The molecule has 2 aromatic rings. The Hall–Kier alpha value is -2.01. The second kappa shape index (κ2) is 4.67. The fourth-order valence-corrected chi connectivity index (χ4v) is 1.18. The van der Waals surface area contributed by atoms with Crippen LogP contribution in [-0.2, 0) is 0 Å². The predicted molar refractivity (Wildman–Crippen MR) is 59.2 cm³/mol. The normalized spacial score (nSPS) is 9.81. The van der Waals surface area contributed by atoms with Crippen molar-refractivity contribution in [3.8, 4) is 0 Å². The Kier molecular flexibility index (Phi) is 3.07. The molecule has 1 amide bonds. The third-order valence-electron chi connectivity index (χ3n) is 1.81. The fourth-order valence-electron chi connectivity index (χ4n) is 1.06. The summed E-state index contributed by atoms with van der Waals surface area (Å²) in [6, 6.07) is 4.74. The Balaban J connectivity index is 2.12. The number of aromatic nitrogens is 3. The summed E-state index contributed by atoms with van der Waals surface area (Å²) >= 11 is 5.61. The molecule has 80 valence electrons. The Morgan fingerprint density at radius 3 is 2.75 bits per heavy atom. The van der Waals surface area contributed by atoms with E-state index in [-0.39, 0.29) is 5.91 Å². The third kappa shape index (κ3) is 2.52. The van der Waals surface area contributed by atoms with Gasteiger partial charge in [0.2, 0.25) is 0 Å². The standard InChI is InChI=1S/C10H7ClN4O/c11-8-2-1-7(5-13-8)10(16)15-9-3-4-12-6-14-9/h1-6H,(H,12,14,15,16). The molecule has 0 unspecified atom stereocenters. The van der Waals surface area contributed by atoms with Crippen LogP contribution in [0.1, 0.15) is 10.4 Å². The van der Waals surface area contributed by atoms with Gasteiger partial charge in [0.15, 0.2) is 0 Å². The number of carbonyl (C=O) groups excluding carboxylic acids is 1. The molecule has 1 N–H and O–H groups in total. The second-order valence-corrected chi connectivity index (χ2v) is 3.31. The lowest BCUT2D eigenvalue weighted by Crippen LogP contribution is -2.13. The molecule has 0 aromatic carbocycles. The van der Waals surface area contributed by atoms with Gasteiger partial charge >= 0.3 is 0 Å². The number of pyridine rings is 1. The average Bonchev–Trinajstić information content (AvgIpc) is 2.31. The van der Waals surface area contributed by atoms with Crippen LogP contribution in [0.25, 0.3) is 0 Å². The molecule has 0 fully saturated rings. The molecule has 5 nitrogen and oxygen atoms in total. The molecule has 0 aliphatic carbocycles. The van der Waals surface area contributed by atoms with Gasteiger partial charge in [-0.3, -0.25) is 4.79 Å². The third-order valence-corrected chi connectivity index (χ3v) is 2.04. The molecule has 0 atom stereocenters. The Bertz CT molecular complexity index is 486. The van der Waals surface area contributed by atoms with E-state index in [2.05, 4.69) is 20.3 Å². The van der Waals surface area contributed by atoms with Gasteiger partial charge in [0, 0.05) is 12.4 Å². The maximum Gasteiger partial charge on any atom is 0.258 e. The number of rotatable bonds is 2. The predicted octanol–water partition coefficient (Wildman–Crippen LogP) is 1.78. The van der Waals surface area contributed by atoms with Gasteiger partial charge < -0.3 is 5.32 Å². The monoisotopic (exact) mass is 234 g/mol. The van der Waals surface area contributed by atoms with Crippen LogP contribution >= 0.6 is 11.6 Å². The van der Waals surface area contributed by atoms with E-state index in [1.807, 2.05) is 0 Å². The van der Waals surface area contributed by atoms with Crippen molar-refractivity contribution in [1.29, 1.82) is 0 Å². The van der Waals surface area contributed by atoms with E-state index in [4.69, 9.17) is 11.6 Å². The SMILES string of the molecule is O=C(Nc1ccncn1)c1ccc(Cl)nc1. The van der Waals surface area contributed by atoms with Crippen LogP contribution in [0.3, 0.4) is 0 Å². The fraction of sp³-hybridized carbons (Fsp3) is 0. The lowest BCUT2D eigenvalue weighted by molar-refractivity contribution is 0.102. The van der Waals surface area contributed by atoms with Crippen molar-refractivity contribution in [1.82, 2.24) is 15.0 Å². The summed E-state index contributed by atoms with van der Waals surface area (Å²) in [5, 5.41) is 2.95. The van der Waals surface area contributed by atoms with Crippen LogP contribution in [0.15, 0.2) is 36.9 Å². The van der Waals surface area contributed by atoms with Gasteiger partial charge in [-0.2, -0.15) is 0 Å². The Morgan fingerprint density at radius 1 is 1.25 bits per heavy atom. The quantitative estimate of drug-likeness (QED) is 0.805. The van der Waals surface area contributed by atoms with Crippen molar-refractivity contribution in [2.45, 2.75) is 0 Å². The minimum absolute atomic E-state index is 0.289. The molecule has 0 bridgehead atoms. The number of carbonyl (C=O) groups is 1. The van der Waals surface area contributed by atoms with E-state index in [0.717, 1.165) is 0 Å². The topological polar surface area (TPSA) is 67.8 Å². The highest BCUT2D eigenvalue weighted by atomic mass is 35.5. The van der Waals surface area contributed by atoms with Gasteiger partial charge in [0.05, 0.1) is 5.56 Å². The average molecular weight is 235 g/mol. The summed E-state index contributed by atoms with van der Waals surface area (Å²) in [4.78, 5) is 23.1. The van der Waals surface area contributed by atoms with E-state index < -0.39 is 0 Å². The van der Waals surface area contributed by atoms with E-state index in [1.54, 1.807) is 24.4 Å². The molecule has 6 heteroatoms. The van der Waals surface area contributed by atoms with Crippen LogP contribution in [0.2, 0.25) is 5.15 Å². The number of nitrogens with one attached hydrogen (secondary N) is 1. The Labute approximate surface area is 96.5 Å². The molecule has 2 rings (SSSR count). The molecule has 0 aliphatic rings. The van der Waals surface area contributed by atoms with Crippen molar-refractivity contribution < 1.29 is 4.79 Å². The number of hydrogen-bond acceptors (Lipinski definition) is 4. The molecule has 16 heavy (non-hydrogen) atoms. The van der Waals surface area contributed by atoms with Gasteiger partial charge in [0.1, 0.15) is 17.3 Å². The molecular weight excluding hydrogens is 228 g/mol. The zero-order valence-corrected chi connectivity index (χ0v) is 8.85. The molecule has 0 saturated carbocycles. The van der Waals surface area contributed by atoms with E-state index in [0.29, 0.717) is 16.5 Å². The molecule has 2 aromatic heterocycles. The first-order valence-electron chi connectivity index (χ1n) is 4.44. The first-order chi connectivity index (χ1) is 7.75. The smallest absolute Gasteiger partial charge is 0.258 e. The van der Waals surface area contributed by atoms with Crippen molar-refractivity contribution in [3.05, 3.63) is 47.6 Å². The summed E-state index contributed by atoms with van der Waals surface area (Å²) in [7, 11) is 0. The van der Waals surface area contributed by atoms with E-state index in [1.165, 1.54) is 12.5 Å². The van der Waals surface area contributed by atoms with Crippen LogP contribution in [0.4, 0.5) is 5.82 Å². The number of hydrogen-bond donors (Lipinski definition) is 1. The highest BCUT2D eigenvalue weighted by Crippen LogP contribution is 2.07. The summed E-state index contributed by atoms with van der Waals surface area (Å²) < 4.78 is 0. The van der Waals surface area contributed by atoms with E-state index >= 15 is 0 Å². The van der Waals surface area contributed by atoms with Gasteiger partial charge in [0.25, 0.3) is 5.91 Å². The van der Waals surface area contributed by atoms with Crippen LogP contribution in [-0.4, -0.2) is 20.9 Å². The number of anilines is 1. The molecule has 2 heterocycles. The van der Waals surface area contributed by atoms with Crippen molar-refractivity contribution in [2.75, 3.05) is 5.32 Å². The Morgan fingerprint density at radius 2 is 2.12 bits per heavy atom. The van der Waals surface area contributed by atoms with E-state index in [9.17, 15) is 4.79 Å². The van der Waals surface area contributed by atoms with Crippen LogP contribution in [0.5, 0.6) is 0 Å². The minimum Gasteiger partial charge on any atom is -0.306 e. The van der Waals surface area contributed by atoms with Gasteiger partial charge in [-0.15, -0.1) is 0 Å². The minimum atomic E-state index is -0.289. The van der Waals surface area contributed by atoms with Crippen molar-refractivity contribution in [2.24, 2.45) is 0 Å². The summed E-state index contributed by atoms with van der Waals surface area (Å²) in [5.74, 6) is 0.151. The highest BCUT2D eigenvalue weighted by Gasteiger charge is 2.06. The van der Waals surface area contributed by atoms with Gasteiger partial charge in [-0.25, -0.2) is 15.0 Å². The molecule has 0 aliphatic heterocycles. The number of halogens is 1. The summed E-state index contributed by atoms with van der Waals surface area (Å²) in [6.45, 7) is 0. The lowest BCUT2D eigenvalue weighted by Gasteiger charge is -2.02. The van der Waals surface area contributed by atoms with Crippen molar-refractivity contribution >= 4 is 23.3 Å². The zero-order chi connectivity index (χ0) is 11.4. The second-order valence-electron chi connectivity index (χ2n) is 2.92. The zero-order valence-electron chi connectivity index (χ0n) is 8.09. The summed E-state index contributed by atoms with van der Waals surface area (Å²) in [6.07, 6.45) is 4.30. The lowest BCUT2D eigenvalue weighted by atomic mass is 10.3. The molecular formula is C10H7ClN4O. The van der Waals surface area contributed by atoms with Gasteiger partial charge in [-0.05, 0) is 18.2 Å².